The first kappa shape index (κ1) is 23.1. The number of aliphatic hydroxyl groups excluding tert-OH is 2. The van der Waals surface area contributed by atoms with E-state index < -0.39 is 11.9 Å². The van der Waals surface area contributed by atoms with E-state index >= 15 is 0 Å². The summed E-state index contributed by atoms with van der Waals surface area (Å²) in [7, 11) is 1.44. The Bertz CT molecular complexity index is 1290. The number of nitrogens with zero attached hydrogens (tertiary/aromatic N) is 2. The van der Waals surface area contributed by atoms with Crippen molar-refractivity contribution in [2.24, 2.45) is 0 Å². The van der Waals surface area contributed by atoms with Crippen molar-refractivity contribution in [2.75, 3.05) is 25.6 Å². The zero-order valence-corrected chi connectivity index (χ0v) is 18.4. The summed E-state index contributed by atoms with van der Waals surface area (Å²) in [4.78, 5) is 21.2. The number of pyridine rings is 2. The molecule has 0 spiro atoms. The maximum atomic E-state index is 12.4. The Hall–Kier alpha value is -4.05. The van der Waals surface area contributed by atoms with Gasteiger partial charge >= 0.3 is 0 Å². The van der Waals surface area contributed by atoms with Crippen LogP contribution in [0.15, 0.2) is 67.0 Å². The monoisotopic (exact) mass is 460 g/mol. The summed E-state index contributed by atoms with van der Waals surface area (Å²) in [6.07, 6.45) is 3.08. The van der Waals surface area contributed by atoms with Crippen LogP contribution >= 0.6 is 0 Å². The number of hydrogen-bond donors (Lipinski definition) is 5. The number of hydrogen-bond acceptors (Lipinski definition) is 8. The van der Waals surface area contributed by atoms with Crippen molar-refractivity contribution in [3.63, 3.8) is 0 Å². The maximum absolute atomic E-state index is 12.4. The Morgan fingerprint density at radius 3 is 2.18 bits per heavy atom. The molecule has 1 amide bonds. The number of aromatic nitrogens is 2. The second kappa shape index (κ2) is 10.3. The lowest BCUT2D eigenvalue weighted by Crippen LogP contribution is -2.27. The second-order valence-corrected chi connectivity index (χ2v) is 7.56. The van der Waals surface area contributed by atoms with E-state index in [1.54, 1.807) is 17.7 Å². The Labute approximate surface area is 195 Å². The van der Waals surface area contributed by atoms with E-state index in [1.165, 1.54) is 13.3 Å². The second-order valence-electron chi connectivity index (χ2n) is 7.56. The lowest BCUT2D eigenvalue weighted by molar-refractivity contribution is 0.0705. The summed E-state index contributed by atoms with van der Waals surface area (Å²) in [6.45, 7) is -0.325. The first-order valence-corrected chi connectivity index (χ1v) is 10.5. The number of ether oxygens (including phenoxy) is 1. The largest absolute Gasteiger partial charge is 0.494 e. The molecule has 0 fully saturated rings. The predicted octanol–water partition coefficient (Wildman–Crippen LogP) is 2.86. The van der Waals surface area contributed by atoms with E-state index in [-0.39, 0.29) is 24.5 Å². The molecule has 0 atom stereocenters. The molecule has 9 nitrogen and oxygen atoms in total. The fraction of sp³-hybridized carbons (Fsp3) is 0.160. The normalized spacial score (nSPS) is 11.0. The molecule has 0 aliphatic heterocycles. The topological polar surface area (TPSA) is 137 Å². The van der Waals surface area contributed by atoms with E-state index in [9.17, 15) is 20.2 Å². The molecule has 34 heavy (non-hydrogen) atoms. The van der Waals surface area contributed by atoms with Gasteiger partial charge in [-0.2, -0.15) is 0 Å². The minimum Gasteiger partial charge on any atom is -0.494 e. The van der Waals surface area contributed by atoms with Crippen molar-refractivity contribution >= 4 is 22.5 Å². The molecular formula is C25H24N4O5. The lowest BCUT2D eigenvalue weighted by Gasteiger charge is -2.16. The molecule has 2 aromatic carbocycles. The van der Waals surface area contributed by atoms with Gasteiger partial charge in [0, 0.05) is 29.0 Å². The van der Waals surface area contributed by atoms with Crippen molar-refractivity contribution in [3.05, 3.63) is 72.6 Å². The average Bonchev–Trinajstić information content (AvgIpc) is 2.90. The van der Waals surface area contributed by atoms with E-state index in [1.807, 2.05) is 48.5 Å². The van der Waals surface area contributed by atoms with Crippen molar-refractivity contribution in [2.45, 2.75) is 6.04 Å². The molecular weight excluding hydrogens is 436 g/mol. The fourth-order valence-corrected chi connectivity index (χ4v) is 3.73. The van der Waals surface area contributed by atoms with Crippen LogP contribution in [0.5, 0.6) is 5.75 Å². The van der Waals surface area contributed by atoms with Gasteiger partial charge in [-0.05, 0) is 29.3 Å². The van der Waals surface area contributed by atoms with Crippen LogP contribution in [-0.4, -0.2) is 57.7 Å². The van der Waals surface area contributed by atoms with Crippen LogP contribution in [0.3, 0.4) is 0 Å². The first-order valence-electron chi connectivity index (χ1n) is 10.5. The van der Waals surface area contributed by atoms with Crippen molar-refractivity contribution in [1.82, 2.24) is 15.4 Å². The molecule has 5 N–H and O–H groups in total. The summed E-state index contributed by atoms with van der Waals surface area (Å²) < 4.78 is 5.54. The smallest absolute Gasteiger partial charge is 0.279 e. The number of hydroxylamine groups is 1. The SMILES string of the molecule is COc1c(-c2ccc(-c3ccc(NC(CO)CO)cc3)cc2)nc2ccncc2c1C(=O)NO. The molecule has 4 aromatic rings. The minimum atomic E-state index is -0.714. The molecule has 0 saturated heterocycles. The molecule has 4 rings (SSSR count). The third-order valence-electron chi connectivity index (χ3n) is 5.46. The van der Waals surface area contributed by atoms with Crippen LogP contribution in [0, 0.1) is 0 Å². The number of benzene rings is 2. The highest BCUT2D eigenvalue weighted by molar-refractivity contribution is 6.09. The Morgan fingerprint density at radius 1 is 0.971 bits per heavy atom. The molecule has 0 radical (unpaired) electrons. The van der Waals surface area contributed by atoms with Gasteiger partial charge in [-0.3, -0.25) is 15.0 Å². The van der Waals surface area contributed by atoms with Gasteiger partial charge in [-0.25, -0.2) is 10.5 Å². The van der Waals surface area contributed by atoms with Crippen LogP contribution in [0.2, 0.25) is 0 Å². The predicted molar refractivity (Wildman–Crippen MR) is 128 cm³/mol. The van der Waals surface area contributed by atoms with E-state index in [2.05, 4.69) is 15.3 Å². The fourth-order valence-electron chi connectivity index (χ4n) is 3.73. The van der Waals surface area contributed by atoms with Crippen molar-refractivity contribution in [1.29, 1.82) is 0 Å². The standard InChI is InChI=1S/C25H24N4O5/c1-34-24-22(25(32)29-33)20-12-26-11-10-21(20)28-23(24)17-4-2-15(3-5-17)16-6-8-18(9-7-16)27-19(13-30)14-31/h2-12,19,27,30-31,33H,13-14H2,1H3,(H,29,32). The van der Waals surface area contributed by atoms with Gasteiger partial charge in [0.25, 0.3) is 5.91 Å². The summed E-state index contributed by atoms with van der Waals surface area (Å²) >= 11 is 0. The molecule has 2 aromatic heterocycles. The summed E-state index contributed by atoms with van der Waals surface area (Å²) in [5.41, 5.74) is 6.30. The number of amides is 1. The molecule has 0 saturated carbocycles. The van der Waals surface area contributed by atoms with Crippen molar-refractivity contribution in [3.8, 4) is 28.1 Å². The van der Waals surface area contributed by atoms with E-state index in [0.29, 0.717) is 16.6 Å². The van der Waals surface area contributed by atoms with Gasteiger partial charge in [0.05, 0.1) is 37.4 Å². The minimum absolute atomic E-state index is 0.148. The van der Waals surface area contributed by atoms with Crippen molar-refractivity contribution < 1.29 is 25.0 Å². The number of methoxy groups -OCH3 is 1. The number of fused-ring (bicyclic) bond motifs is 1. The highest BCUT2D eigenvalue weighted by Crippen LogP contribution is 2.36. The van der Waals surface area contributed by atoms with Crippen LogP contribution < -0.4 is 15.5 Å². The first-order chi connectivity index (χ1) is 16.6. The van der Waals surface area contributed by atoms with Crippen LogP contribution in [0.25, 0.3) is 33.3 Å². The Morgan fingerprint density at radius 2 is 1.59 bits per heavy atom. The number of nitrogens with one attached hydrogen (secondary N) is 2. The van der Waals surface area contributed by atoms with Crippen LogP contribution in [0.1, 0.15) is 10.4 Å². The molecule has 0 aliphatic carbocycles. The number of aliphatic hydroxyl groups is 2. The zero-order chi connectivity index (χ0) is 24.1. The highest BCUT2D eigenvalue weighted by atomic mass is 16.5. The third-order valence-corrected chi connectivity index (χ3v) is 5.46. The van der Waals surface area contributed by atoms with E-state index in [4.69, 9.17) is 4.74 Å². The number of anilines is 1. The summed E-state index contributed by atoms with van der Waals surface area (Å²) in [5.74, 6) is -0.481. The number of rotatable bonds is 8. The Balaban J connectivity index is 1.69. The zero-order valence-electron chi connectivity index (χ0n) is 18.4. The quantitative estimate of drug-likeness (QED) is 0.200. The van der Waals surface area contributed by atoms with Gasteiger partial charge < -0.3 is 20.3 Å². The summed E-state index contributed by atoms with van der Waals surface area (Å²) in [5, 5.41) is 31.2. The number of carbonyl (C=O) groups excluding carboxylic acids is 1. The average molecular weight is 460 g/mol. The van der Waals surface area contributed by atoms with Gasteiger partial charge in [-0.1, -0.05) is 36.4 Å². The molecule has 2 heterocycles. The van der Waals surface area contributed by atoms with Gasteiger partial charge in [0.1, 0.15) is 5.69 Å². The molecule has 174 valence electrons. The Kier molecular flexibility index (Phi) is 6.98. The highest BCUT2D eigenvalue weighted by Gasteiger charge is 2.22. The lowest BCUT2D eigenvalue weighted by atomic mass is 9.99. The third kappa shape index (κ3) is 4.53. The van der Waals surface area contributed by atoms with Gasteiger partial charge in [-0.15, -0.1) is 0 Å². The van der Waals surface area contributed by atoms with E-state index in [0.717, 1.165) is 22.4 Å². The van der Waals surface area contributed by atoms with Crippen LogP contribution in [0.4, 0.5) is 5.69 Å². The molecule has 0 bridgehead atoms. The van der Waals surface area contributed by atoms with Crippen LogP contribution in [-0.2, 0) is 0 Å². The summed E-state index contributed by atoms with van der Waals surface area (Å²) in [6, 6.07) is 16.5. The van der Waals surface area contributed by atoms with Gasteiger partial charge in [0.2, 0.25) is 0 Å². The molecule has 9 heteroatoms. The molecule has 0 unspecified atom stereocenters. The van der Waals surface area contributed by atoms with Gasteiger partial charge in [0.15, 0.2) is 5.75 Å². The number of carbonyl (C=O) groups is 1. The maximum Gasteiger partial charge on any atom is 0.279 e. The molecule has 0 aliphatic rings.